The van der Waals surface area contributed by atoms with Crippen LogP contribution in [0.4, 0.5) is 0 Å². The number of ether oxygens (including phenoxy) is 2. The molecule has 1 aliphatic heterocycles. The molecule has 0 aromatic heterocycles. The Bertz CT molecular complexity index is 807. The van der Waals surface area contributed by atoms with Crippen LogP contribution in [0.3, 0.4) is 0 Å². The van der Waals surface area contributed by atoms with Crippen molar-refractivity contribution < 1.29 is 14.6 Å². The smallest absolute Gasteiger partial charge is 0.194 e. The second-order valence-electron chi connectivity index (χ2n) is 7.48. The zero-order valence-corrected chi connectivity index (χ0v) is 18.5. The molecule has 1 heterocycles. The van der Waals surface area contributed by atoms with Gasteiger partial charge in [-0.3, -0.25) is 9.89 Å². The Hall–Kier alpha value is -2.77. The third-order valence-corrected chi connectivity index (χ3v) is 5.32. The summed E-state index contributed by atoms with van der Waals surface area (Å²) in [6.45, 7) is 8.46. The highest BCUT2D eigenvalue weighted by Gasteiger charge is 2.20. The van der Waals surface area contributed by atoms with Gasteiger partial charge in [-0.15, -0.1) is 0 Å². The fourth-order valence-corrected chi connectivity index (χ4v) is 3.55. The van der Waals surface area contributed by atoms with Crippen molar-refractivity contribution in [2.45, 2.75) is 13.0 Å². The van der Waals surface area contributed by atoms with Crippen molar-refractivity contribution >= 4 is 5.96 Å². The first kappa shape index (κ1) is 22.9. The van der Waals surface area contributed by atoms with Gasteiger partial charge in [-0.1, -0.05) is 30.3 Å². The standard InChI is InChI=1S/C24H34N4O3/c1-3-25-24(26-19-23(29)20-8-7-11-22(18-20)30-2)28-14-12-27(13-15-28)16-17-31-21-9-5-4-6-10-21/h4-11,18,23,29H,3,12-17,19H2,1-2H3,(H,25,26). The van der Waals surface area contributed by atoms with E-state index in [0.29, 0.717) is 13.2 Å². The Morgan fingerprint density at radius 2 is 1.81 bits per heavy atom. The summed E-state index contributed by atoms with van der Waals surface area (Å²) in [6, 6.07) is 17.4. The molecule has 0 bridgehead atoms. The number of piperazine rings is 1. The largest absolute Gasteiger partial charge is 0.497 e. The lowest BCUT2D eigenvalue weighted by Gasteiger charge is -2.36. The lowest BCUT2D eigenvalue weighted by molar-refractivity contribution is 0.151. The number of hydrogen-bond donors (Lipinski definition) is 2. The van der Waals surface area contributed by atoms with Crippen molar-refractivity contribution in [2.75, 3.05) is 59.5 Å². The van der Waals surface area contributed by atoms with Crippen LogP contribution in [0.1, 0.15) is 18.6 Å². The topological polar surface area (TPSA) is 69.6 Å². The summed E-state index contributed by atoms with van der Waals surface area (Å²) in [4.78, 5) is 9.36. The van der Waals surface area contributed by atoms with E-state index in [0.717, 1.165) is 62.3 Å². The summed E-state index contributed by atoms with van der Waals surface area (Å²) in [5.41, 5.74) is 0.808. The van der Waals surface area contributed by atoms with Crippen LogP contribution in [0.25, 0.3) is 0 Å². The second kappa shape index (κ2) is 12.2. The van der Waals surface area contributed by atoms with Crippen molar-refractivity contribution in [3.63, 3.8) is 0 Å². The first-order valence-corrected chi connectivity index (χ1v) is 10.9. The predicted molar refractivity (Wildman–Crippen MR) is 124 cm³/mol. The SMILES string of the molecule is CCNC(=NCC(O)c1cccc(OC)c1)N1CCN(CCOc2ccccc2)CC1. The fraction of sp³-hybridized carbons (Fsp3) is 0.458. The molecule has 0 aliphatic carbocycles. The normalized spacial score (nSPS) is 16.1. The minimum absolute atomic E-state index is 0.306. The summed E-state index contributed by atoms with van der Waals surface area (Å²) < 4.78 is 11.1. The molecule has 7 heteroatoms. The first-order valence-electron chi connectivity index (χ1n) is 10.9. The molecule has 0 saturated carbocycles. The molecule has 168 valence electrons. The number of nitrogens with one attached hydrogen (secondary N) is 1. The quantitative estimate of drug-likeness (QED) is 0.474. The lowest BCUT2D eigenvalue weighted by Crippen LogP contribution is -2.53. The average Bonchev–Trinajstić information content (AvgIpc) is 2.83. The van der Waals surface area contributed by atoms with E-state index in [9.17, 15) is 5.11 Å². The summed E-state index contributed by atoms with van der Waals surface area (Å²) in [5, 5.41) is 13.9. The maximum atomic E-state index is 10.6. The van der Waals surface area contributed by atoms with Crippen LogP contribution in [0.2, 0.25) is 0 Å². The lowest BCUT2D eigenvalue weighted by atomic mass is 10.1. The van der Waals surface area contributed by atoms with Crippen LogP contribution in [0.5, 0.6) is 11.5 Å². The monoisotopic (exact) mass is 426 g/mol. The Morgan fingerprint density at radius 3 is 2.52 bits per heavy atom. The predicted octanol–water partition coefficient (Wildman–Crippen LogP) is 2.39. The fourth-order valence-electron chi connectivity index (χ4n) is 3.55. The number of aliphatic hydroxyl groups is 1. The summed E-state index contributed by atoms with van der Waals surface area (Å²) in [7, 11) is 1.63. The molecular formula is C24H34N4O3. The van der Waals surface area contributed by atoms with Crippen molar-refractivity contribution in [3.05, 3.63) is 60.2 Å². The van der Waals surface area contributed by atoms with Gasteiger partial charge in [0.25, 0.3) is 0 Å². The minimum atomic E-state index is -0.666. The number of aliphatic imine (C=N–C) groups is 1. The molecule has 1 fully saturated rings. The highest BCUT2D eigenvalue weighted by molar-refractivity contribution is 5.80. The van der Waals surface area contributed by atoms with Gasteiger partial charge >= 0.3 is 0 Å². The maximum Gasteiger partial charge on any atom is 0.194 e. The van der Waals surface area contributed by atoms with Gasteiger partial charge in [-0.05, 0) is 36.8 Å². The van der Waals surface area contributed by atoms with Crippen LogP contribution in [-0.2, 0) is 0 Å². The number of rotatable bonds is 9. The molecule has 31 heavy (non-hydrogen) atoms. The van der Waals surface area contributed by atoms with Crippen molar-refractivity contribution in [1.82, 2.24) is 15.1 Å². The van der Waals surface area contributed by atoms with Crippen molar-refractivity contribution in [2.24, 2.45) is 4.99 Å². The molecule has 2 N–H and O–H groups in total. The second-order valence-corrected chi connectivity index (χ2v) is 7.48. The van der Waals surface area contributed by atoms with Gasteiger partial charge in [0.2, 0.25) is 0 Å². The number of para-hydroxylation sites is 1. The first-order chi connectivity index (χ1) is 15.2. The molecule has 1 saturated heterocycles. The van der Waals surface area contributed by atoms with Gasteiger partial charge < -0.3 is 24.8 Å². The van der Waals surface area contributed by atoms with Crippen molar-refractivity contribution in [1.29, 1.82) is 0 Å². The molecule has 3 rings (SSSR count). The highest BCUT2D eigenvalue weighted by Crippen LogP contribution is 2.19. The van der Waals surface area contributed by atoms with Gasteiger partial charge in [0.05, 0.1) is 19.8 Å². The summed E-state index contributed by atoms with van der Waals surface area (Å²) in [5.74, 6) is 2.50. The Morgan fingerprint density at radius 1 is 1.06 bits per heavy atom. The van der Waals surface area contributed by atoms with E-state index >= 15 is 0 Å². The van der Waals surface area contributed by atoms with E-state index < -0.39 is 6.10 Å². The zero-order chi connectivity index (χ0) is 21.9. The van der Waals surface area contributed by atoms with Gasteiger partial charge in [0.15, 0.2) is 5.96 Å². The van der Waals surface area contributed by atoms with Gasteiger partial charge in [-0.25, -0.2) is 0 Å². The molecule has 0 amide bonds. The number of aliphatic hydroxyl groups excluding tert-OH is 1. The highest BCUT2D eigenvalue weighted by atomic mass is 16.5. The molecule has 0 radical (unpaired) electrons. The number of guanidine groups is 1. The number of hydrogen-bond acceptors (Lipinski definition) is 5. The third kappa shape index (κ3) is 7.15. The van der Waals surface area contributed by atoms with E-state index in [1.54, 1.807) is 7.11 Å². The maximum absolute atomic E-state index is 10.6. The molecule has 2 aromatic rings. The Balaban J connectivity index is 1.47. The van der Waals surface area contributed by atoms with Gasteiger partial charge in [0, 0.05) is 39.3 Å². The molecule has 0 spiro atoms. The molecule has 1 aliphatic rings. The number of benzene rings is 2. The van der Waals surface area contributed by atoms with Crippen LogP contribution in [0, 0.1) is 0 Å². The van der Waals surface area contributed by atoms with Crippen LogP contribution in [-0.4, -0.2) is 80.4 Å². The Labute approximate surface area is 185 Å². The number of nitrogens with zero attached hydrogens (tertiary/aromatic N) is 3. The molecular weight excluding hydrogens is 392 g/mol. The molecule has 2 aromatic carbocycles. The van der Waals surface area contributed by atoms with Gasteiger partial charge in [-0.2, -0.15) is 0 Å². The Kier molecular flexibility index (Phi) is 8.99. The molecule has 1 atom stereocenters. The molecule has 7 nitrogen and oxygen atoms in total. The van der Waals surface area contributed by atoms with E-state index in [1.807, 2.05) is 54.6 Å². The van der Waals surface area contributed by atoms with E-state index in [-0.39, 0.29) is 0 Å². The van der Waals surface area contributed by atoms with Crippen LogP contribution in [0.15, 0.2) is 59.6 Å². The van der Waals surface area contributed by atoms with E-state index in [2.05, 4.69) is 22.0 Å². The number of methoxy groups -OCH3 is 1. The van der Waals surface area contributed by atoms with Crippen LogP contribution < -0.4 is 14.8 Å². The van der Waals surface area contributed by atoms with Crippen LogP contribution >= 0.6 is 0 Å². The zero-order valence-electron chi connectivity index (χ0n) is 18.5. The van der Waals surface area contributed by atoms with Crippen molar-refractivity contribution in [3.8, 4) is 11.5 Å². The molecule has 1 unspecified atom stereocenters. The van der Waals surface area contributed by atoms with E-state index in [1.165, 1.54) is 0 Å². The van der Waals surface area contributed by atoms with E-state index in [4.69, 9.17) is 14.5 Å². The minimum Gasteiger partial charge on any atom is -0.497 e. The average molecular weight is 427 g/mol. The summed E-state index contributed by atoms with van der Waals surface area (Å²) in [6.07, 6.45) is -0.666. The third-order valence-electron chi connectivity index (χ3n) is 5.32. The summed E-state index contributed by atoms with van der Waals surface area (Å²) >= 11 is 0. The van der Waals surface area contributed by atoms with Gasteiger partial charge in [0.1, 0.15) is 18.1 Å².